The second-order valence-electron chi connectivity index (χ2n) is 6.65. The second kappa shape index (κ2) is 6.67. The molecule has 1 saturated heterocycles. The van der Waals surface area contributed by atoms with Gasteiger partial charge in [0.1, 0.15) is 17.5 Å². The van der Waals surface area contributed by atoms with Gasteiger partial charge < -0.3 is 9.64 Å². The van der Waals surface area contributed by atoms with Crippen LogP contribution in [0, 0.1) is 5.92 Å². The van der Waals surface area contributed by atoms with Crippen LogP contribution < -0.4 is 4.74 Å². The number of hydrogen-bond donors (Lipinski definition) is 0. The maximum Gasteiger partial charge on any atom is 0.145 e. The maximum absolute atomic E-state index is 6.30. The SMILES string of the molecule is c1cnc(-c2ccncc2)c(OC2CCN(CC3CC3)CC2)c1. The predicted molar refractivity (Wildman–Crippen MR) is 90.3 cm³/mol. The first kappa shape index (κ1) is 14.6. The van der Waals surface area contributed by atoms with Crippen LogP contribution in [0.4, 0.5) is 0 Å². The van der Waals surface area contributed by atoms with Gasteiger partial charge in [-0.05, 0) is 55.9 Å². The number of aromatic nitrogens is 2. The maximum atomic E-state index is 6.30. The minimum Gasteiger partial charge on any atom is -0.488 e. The van der Waals surface area contributed by atoms with Crippen molar-refractivity contribution in [2.24, 2.45) is 5.92 Å². The second-order valence-corrected chi connectivity index (χ2v) is 6.65. The summed E-state index contributed by atoms with van der Waals surface area (Å²) >= 11 is 0. The van der Waals surface area contributed by atoms with Crippen molar-refractivity contribution in [3.05, 3.63) is 42.9 Å². The van der Waals surface area contributed by atoms with Crippen molar-refractivity contribution < 1.29 is 4.74 Å². The first-order valence-electron chi connectivity index (χ1n) is 8.63. The summed E-state index contributed by atoms with van der Waals surface area (Å²) in [5.74, 6) is 1.86. The van der Waals surface area contributed by atoms with Gasteiger partial charge in [-0.1, -0.05) is 0 Å². The Bertz CT molecular complexity index is 634. The number of piperidine rings is 1. The summed E-state index contributed by atoms with van der Waals surface area (Å²) in [6.07, 6.45) is 10.8. The predicted octanol–water partition coefficient (Wildman–Crippen LogP) is 3.40. The number of ether oxygens (including phenoxy) is 1. The average molecular weight is 309 g/mol. The lowest BCUT2D eigenvalue weighted by Gasteiger charge is -2.32. The Balaban J connectivity index is 1.41. The molecule has 0 aromatic carbocycles. The molecule has 1 saturated carbocycles. The Morgan fingerprint density at radius 3 is 2.52 bits per heavy atom. The van der Waals surface area contributed by atoms with Gasteiger partial charge in [0.25, 0.3) is 0 Å². The van der Waals surface area contributed by atoms with Gasteiger partial charge in [0.2, 0.25) is 0 Å². The quantitative estimate of drug-likeness (QED) is 0.848. The van der Waals surface area contributed by atoms with Crippen molar-refractivity contribution >= 4 is 0 Å². The summed E-state index contributed by atoms with van der Waals surface area (Å²) < 4.78 is 6.30. The lowest BCUT2D eigenvalue weighted by molar-refractivity contribution is 0.0982. The Kier molecular flexibility index (Phi) is 4.24. The van der Waals surface area contributed by atoms with Gasteiger partial charge in [-0.15, -0.1) is 0 Å². The highest BCUT2D eigenvalue weighted by atomic mass is 16.5. The molecule has 2 aromatic rings. The molecular weight excluding hydrogens is 286 g/mol. The van der Waals surface area contributed by atoms with Crippen LogP contribution >= 0.6 is 0 Å². The van der Waals surface area contributed by atoms with Crippen LogP contribution in [-0.4, -0.2) is 40.6 Å². The number of rotatable bonds is 5. The number of likely N-dealkylation sites (tertiary alicyclic amines) is 1. The van der Waals surface area contributed by atoms with Crippen LogP contribution in [0.5, 0.6) is 5.75 Å². The minimum atomic E-state index is 0.301. The van der Waals surface area contributed by atoms with Gasteiger partial charge >= 0.3 is 0 Å². The summed E-state index contributed by atoms with van der Waals surface area (Å²) in [5, 5.41) is 0. The lowest BCUT2D eigenvalue weighted by atomic mass is 10.1. The zero-order valence-electron chi connectivity index (χ0n) is 13.4. The molecule has 0 atom stereocenters. The van der Waals surface area contributed by atoms with Crippen molar-refractivity contribution in [2.45, 2.75) is 31.8 Å². The molecule has 2 aromatic heterocycles. The van der Waals surface area contributed by atoms with Crippen LogP contribution in [0.25, 0.3) is 11.3 Å². The number of nitrogens with zero attached hydrogens (tertiary/aromatic N) is 3. The third kappa shape index (κ3) is 3.70. The number of pyridine rings is 2. The van der Waals surface area contributed by atoms with E-state index < -0.39 is 0 Å². The van der Waals surface area contributed by atoms with E-state index in [2.05, 4.69) is 14.9 Å². The van der Waals surface area contributed by atoms with Crippen molar-refractivity contribution in [1.29, 1.82) is 0 Å². The molecule has 0 unspecified atom stereocenters. The van der Waals surface area contributed by atoms with E-state index in [9.17, 15) is 0 Å². The van der Waals surface area contributed by atoms with E-state index >= 15 is 0 Å². The first-order chi connectivity index (χ1) is 11.4. The third-order valence-corrected chi connectivity index (χ3v) is 4.77. The van der Waals surface area contributed by atoms with Crippen LogP contribution in [-0.2, 0) is 0 Å². The number of hydrogen-bond acceptors (Lipinski definition) is 4. The van der Waals surface area contributed by atoms with E-state index in [1.54, 1.807) is 12.4 Å². The van der Waals surface area contributed by atoms with Crippen molar-refractivity contribution in [3.63, 3.8) is 0 Å². The van der Waals surface area contributed by atoms with Gasteiger partial charge in [-0.25, -0.2) is 0 Å². The van der Waals surface area contributed by atoms with Crippen molar-refractivity contribution in [2.75, 3.05) is 19.6 Å². The summed E-state index contributed by atoms with van der Waals surface area (Å²) in [6, 6.07) is 7.93. The van der Waals surface area contributed by atoms with Gasteiger partial charge in [0.15, 0.2) is 0 Å². The highest BCUT2D eigenvalue weighted by molar-refractivity contribution is 5.65. The van der Waals surface area contributed by atoms with E-state index in [1.807, 2.05) is 30.5 Å². The van der Waals surface area contributed by atoms with E-state index in [1.165, 1.54) is 19.4 Å². The molecule has 23 heavy (non-hydrogen) atoms. The smallest absolute Gasteiger partial charge is 0.145 e. The molecule has 0 N–H and O–H groups in total. The molecule has 3 heterocycles. The molecule has 4 heteroatoms. The largest absolute Gasteiger partial charge is 0.488 e. The highest BCUT2D eigenvalue weighted by Gasteiger charge is 2.27. The van der Waals surface area contributed by atoms with Gasteiger partial charge in [0, 0.05) is 43.8 Å². The van der Waals surface area contributed by atoms with Crippen LogP contribution in [0.3, 0.4) is 0 Å². The lowest BCUT2D eigenvalue weighted by Crippen LogP contribution is -2.39. The van der Waals surface area contributed by atoms with E-state index in [0.717, 1.165) is 48.9 Å². The van der Waals surface area contributed by atoms with Gasteiger partial charge in [-0.2, -0.15) is 0 Å². The fraction of sp³-hybridized carbons (Fsp3) is 0.474. The van der Waals surface area contributed by atoms with E-state index in [0.29, 0.717) is 6.10 Å². The molecule has 2 fully saturated rings. The molecule has 0 amide bonds. The molecule has 2 aliphatic rings. The summed E-state index contributed by atoms with van der Waals surface area (Å²) in [6.45, 7) is 3.61. The average Bonchev–Trinajstić information content (AvgIpc) is 3.42. The Hall–Kier alpha value is -1.94. The molecule has 4 nitrogen and oxygen atoms in total. The fourth-order valence-corrected chi connectivity index (χ4v) is 3.27. The van der Waals surface area contributed by atoms with Gasteiger partial charge in [-0.3, -0.25) is 9.97 Å². The normalized spacial score (nSPS) is 19.7. The molecule has 0 radical (unpaired) electrons. The Morgan fingerprint density at radius 1 is 1.00 bits per heavy atom. The fourth-order valence-electron chi connectivity index (χ4n) is 3.27. The standard InChI is InChI=1S/C19H23N3O/c1-2-18(19(21-9-1)16-5-10-20-11-6-16)23-17-7-12-22(13-8-17)14-15-3-4-15/h1-2,5-6,9-11,15,17H,3-4,7-8,12-14H2. The van der Waals surface area contributed by atoms with Crippen LogP contribution in [0.1, 0.15) is 25.7 Å². The van der Waals surface area contributed by atoms with E-state index in [4.69, 9.17) is 4.74 Å². The Labute approximate surface area is 137 Å². The molecule has 1 aliphatic carbocycles. The molecule has 0 spiro atoms. The third-order valence-electron chi connectivity index (χ3n) is 4.77. The zero-order chi connectivity index (χ0) is 15.5. The van der Waals surface area contributed by atoms with Crippen LogP contribution in [0.15, 0.2) is 42.9 Å². The molecular formula is C19H23N3O. The van der Waals surface area contributed by atoms with Gasteiger partial charge in [0.05, 0.1) is 0 Å². The topological polar surface area (TPSA) is 38.3 Å². The van der Waals surface area contributed by atoms with Crippen LogP contribution in [0.2, 0.25) is 0 Å². The molecule has 0 bridgehead atoms. The molecule has 1 aliphatic heterocycles. The molecule has 120 valence electrons. The van der Waals surface area contributed by atoms with E-state index in [-0.39, 0.29) is 0 Å². The van der Waals surface area contributed by atoms with Crippen molar-refractivity contribution in [3.8, 4) is 17.0 Å². The summed E-state index contributed by atoms with van der Waals surface area (Å²) in [7, 11) is 0. The molecule has 4 rings (SSSR count). The Morgan fingerprint density at radius 2 is 1.78 bits per heavy atom. The first-order valence-corrected chi connectivity index (χ1v) is 8.63. The summed E-state index contributed by atoms with van der Waals surface area (Å²) in [4.78, 5) is 11.2. The monoisotopic (exact) mass is 309 g/mol. The zero-order valence-corrected chi connectivity index (χ0v) is 13.4. The minimum absolute atomic E-state index is 0.301. The summed E-state index contributed by atoms with van der Waals surface area (Å²) in [5.41, 5.74) is 1.97. The van der Waals surface area contributed by atoms with Crippen molar-refractivity contribution in [1.82, 2.24) is 14.9 Å². The highest BCUT2D eigenvalue weighted by Crippen LogP contribution is 2.32.